The minimum Gasteiger partial charge on any atom is -0.466 e. The van der Waals surface area contributed by atoms with Gasteiger partial charge in [0.15, 0.2) is 12.4 Å². The van der Waals surface area contributed by atoms with Crippen LogP contribution in [0.15, 0.2) is 24.4 Å². The van der Waals surface area contributed by atoms with Crippen molar-refractivity contribution < 1.29 is 23.8 Å². The van der Waals surface area contributed by atoms with Gasteiger partial charge in [-0.05, 0) is 38.3 Å². The third-order valence-corrected chi connectivity index (χ3v) is 7.51. The number of carbonyl (C=O) groups is 1. The van der Waals surface area contributed by atoms with Crippen LogP contribution in [0.2, 0.25) is 0 Å². The predicted octanol–water partition coefficient (Wildman–Crippen LogP) is 3.23. The van der Waals surface area contributed by atoms with Gasteiger partial charge in [-0.1, -0.05) is 6.92 Å². The van der Waals surface area contributed by atoms with Crippen molar-refractivity contribution in [2.24, 2.45) is 5.92 Å². The average molecular weight is 496 g/mol. The largest absolute Gasteiger partial charge is 0.466 e. The number of hydrogen-bond acceptors (Lipinski definition) is 7. The Kier molecular flexibility index (Phi) is 5.80. The van der Waals surface area contributed by atoms with E-state index in [1.165, 1.54) is 12.1 Å². The first kappa shape index (κ1) is 23.2. The number of carbonyl (C=O) groups excluding carboxylic acids is 1. The number of β-amino-alcohol motifs (C(OH)–C–C–N with tert-alkyl or cyclic N) is 1. The number of amides is 1. The lowest BCUT2D eigenvalue weighted by atomic mass is 9.97. The lowest BCUT2D eigenvalue weighted by Gasteiger charge is -2.35. The van der Waals surface area contributed by atoms with Gasteiger partial charge in [-0.25, -0.2) is 13.9 Å². The number of likely N-dealkylation sites (tertiary alicyclic amines) is 1. The van der Waals surface area contributed by atoms with E-state index in [0.29, 0.717) is 30.0 Å². The molecular formula is C26H30FN5O4. The Morgan fingerprint density at radius 3 is 2.89 bits per heavy atom. The van der Waals surface area contributed by atoms with Gasteiger partial charge in [-0.15, -0.1) is 0 Å². The number of benzene rings is 1. The maximum Gasteiger partial charge on any atom is 0.258 e. The van der Waals surface area contributed by atoms with Crippen LogP contribution in [-0.4, -0.2) is 63.0 Å². The smallest absolute Gasteiger partial charge is 0.258 e. The summed E-state index contributed by atoms with van der Waals surface area (Å²) >= 11 is 0. The summed E-state index contributed by atoms with van der Waals surface area (Å²) in [6.45, 7) is 6.15. The minimum atomic E-state index is -0.485. The van der Waals surface area contributed by atoms with E-state index in [9.17, 15) is 14.3 Å². The van der Waals surface area contributed by atoms with Crippen LogP contribution in [0, 0.1) is 18.7 Å². The maximum atomic E-state index is 14.4. The number of piperidine rings is 1. The third-order valence-electron chi connectivity index (χ3n) is 7.51. The van der Waals surface area contributed by atoms with Crippen molar-refractivity contribution in [3.63, 3.8) is 0 Å². The second-order valence-corrected chi connectivity index (χ2v) is 10.1. The molecule has 9 nitrogen and oxygen atoms in total. The van der Waals surface area contributed by atoms with E-state index < -0.39 is 5.82 Å². The topological polar surface area (TPSA) is 92.4 Å². The van der Waals surface area contributed by atoms with Gasteiger partial charge >= 0.3 is 0 Å². The number of halogens is 1. The molecule has 0 radical (unpaired) electrons. The van der Waals surface area contributed by atoms with E-state index in [4.69, 9.17) is 19.6 Å². The number of aryl methyl sites for hydroxylation is 1. The highest BCUT2D eigenvalue weighted by molar-refractivity contribution is 5.97. The number of anilines is 1. The number of fused-ring (bicyclic) bond motifs is 2. The van der Waals surface area contributed by atoms with E-state index in [0.717, 1.165) is 42.9 Å². The molecule has 3 aliphatic rings. The maximum absolute atomic E-state index is 14.4. The van der Waals surface area contributed by atoms with Gasteiger partial charge in [-0.2, -0.15) is 5.10 Å². The Labute approximate surface area is 208 Å². The van der Waals surface area contributed by atoms with E-state index in [-0.39, 0.29) is 42.9 Å². The molecule has 36 heavy (non-hydrogen) atoms. The summed E-state index contributed by atoms with van der Waals surface area (Å²) in [7, 11) is 0. The number of aliphatic hydroxyl groups excluding tert-OH is 1. The molecular weight excluding hydrogens is 465 g/mol. The van der Waals surface area contributed by atoms with E-state index >= 15 is 0 Å². The molecule has 3 aliphatic heterocycles. The Hall–Kier alpha value is -3.24. The summed E-state index contributed by atoms with van der Waals surface area (Å²) in [5, 5.41) is 15.0. The standard InChI is InChI=1S/C26H30FN5O4/c1-15-10-30(12-22(15)33)25-16(2)11-32-23(28-25)9-20(29-32)21-5-3-4-6-31(21)26(34)19-8-18(27)7-17-13-35-14-36-24(17)19/h7-9,11,15,21-22,33H,3-6,10,12-14H2,1-2H3/t15-,21+,22+/m1/s1. The first-order chi connectivity index (χ1) is 17.4. The minimum absolute atomic E-state index is 0.0367. The summed E-state index contributed by atoms with van der Waals surface area (Å²) < 4.78 is 27.0. The zero-order chi connectivity index (χ0) is 25.0. The number of rotatable bonds is 3. The average Bonchev–Trinajstić information content (AvgIpc) is 3.44. The van der Waals surface area contributed by atoms with Gasteiger partial charge in [0, 0.05) is 48.9 Å². The molecule has 6 rings (SSSR count). The lowest BCUT2D eigenvalue weighted by molar-refractivity contribution is -0.0174. The van der Waals surface area contributed by atoms with Gasteiger partial charge in [0.1, 0.15) is 17.4 Å². The summed E-state index contributed by atoms with van der Waals surface area (Å²) in [6, 6.07) is 4.29. The van der Waals surface area contributed by atoms with Crippen LogP contribution < -0.4 is 9.64 Å². The van der Waals surface area contributed by atoms with Crippen LogP contribution in [0.1, 0.15) is 59.4 Å². The molecule has 10 heteroatoms. The number of aromatic nitrogens is 3. The summed E-state index contributed by atoms with van der Waals surface area (Å²) in [5.74, 6) is 0.685. The molecule has 3 atom stereocenters. The van der Waals surface area contributed by atoms with E-state index in [2.05, 4.69) is 4.90 Å². The molecule has 1 aromatic carbocycles. The van der Waals surface area contributed by atoms with Gasteiger partial charge in [0.2, 0.25) is 0 Å². The van der Waals surface area contributed by atoms with Crippen molar-refractivity contribution >= 4 is 17.4 Å². The Bertz CT molecular complexity index is 1320. The summed E-state index contributed by atoms with van der Waals surface area (Å²) in [4.78, 5) is 22.5. The molecule has 3 aromatic rings. The molecule has 1 N–H and O–H groups in total. The van der Waals surface area contributed by atoms with Gasteiger partial charge in [0.05, 0.1) is 30.0 Å². The molecule has 0 bridgehead atoms. The van der Waals surface area contributed by atoms with Gasteiger partial charge < -0.3 is 24.4 Å². The van der Waals surface area contributed by atoms with Crippen LogP contribution in [-0.2, 0) is 11.3 Å². The van der Waals surface area contributed by atoms with Gasteiger partial charge in [0.25, 0.3) is 5.91 Å². The predicted molar refractivity (Wildman–Crippen MR) is 129 cm³/mol. The van der Waals surface area contributed by atoms with Crippen LogP contribution in [0.4, 0.5) is 10.2 Å². The highest BCUT2D eigenvalue weighted by Gasteiger charge is 2.34. The van der Waals surface area contributed by atoms with Crippen molar-refractivity contribution in [2.75, 3.05) is 31.3 Å². The third kappa shape index (κ3) is 3.98. The fraction of sp³-hybridized carbons (Fsp3) is 0.500. The number of hydrogen-bond donors (Lipinski definition) is 1. The fourth-order valence-corrected chi connectivity index (χ4v) is 5.60. The van der Waals surface area contributed by atoms with Crippen molar-refractivity contribution in [3.05, 3.63) is 52.6 Å². The van der Waals surface area contributed by atoms with E-state index in [1.807, 2.05) is 26.1 Å². The van der Waals surface area contributed by atoms with Crippen molar-refractivity contribution in [3.8, 4) is 5.75 Å². The Morgan fingerprint density at radius 2 is 2.08 bits per heavy atom. The molecule has 1 amide bonds. The molecule has 0 saturated carbocycles. The van der Waals surface area contributed by atoms with Crippen LogP contribution in [0.3, 0.4) is 0 Å². The van der Waals surface area contributed by atoms with Crippen LogP contribution >= 0.6 is 0 Å². The number of ether oxygens (including phenoxy) is 2. The molecule has 0 aliphatic carbocycles. The fourth-order valence-electron chi connectivity index (χ4n) is 5.60. The van der Waals surface area contributed by atoms with Crippen molar-refractivity contribution in [1.82, 2.24) is 19.5 Å². The molecule has 5 heterocycles. The number of nitrogens with zero attached hydrogens (tertiary/aromatic N) is 5. The Morgan fingerprint density at radius 1 is 1.22 bits per heavy atom. The van der Waals surface area contributed by atoms with E-state index in [1.54, 1.807) is 9.42 Å². The van der Waals surface area contributed by atoms with Crippen molar-refractivity contribution in [1.29, 1.82) is 0 Å². The number of aliphatic hydroxyl groups is 1. The quantitative estimate of drug-likeness (QED) is 0.597. The van der Waals surface area contributed by atoms with Crippen LogP contribution in [0.5, 0.6) is 5.75 Å². The first-order valence-electron chi connectivity index (χ1n) is 12.5. The molecule has 0 spiro atoms. The second kappa shape index (κ2) is 9.01. The SMILES string of the molecule is Cc1cn2nc([C@@H]3CCCCN3C(=O)c3cc(F)cc4c3OCOC4)cc2nc1N1C[C@@H](C)[C@@H](O)C1. The molecule has 190 valence electrons. The first-order valence-corrected chi connectivity index (χ1v) is 12.5. The zero-order valence-corrected chi connectivity index (χ0v) is 20.5. The highest BCUT2D eigenvalue weighted by Crippen LogP contribution is 2.36. The highest BCUT2D eigenvalue weighted by atomic mass is 19.1. The molecule has 2 fully saturated rings. The van der Waals surface area contributed by atoms with Crippen LogP contribution in [0.25, 0.3) is 5.65 Å². The molecule has 2 saturated heterocycles. The summed E-state index contributed by atoms with van der Waals surface area (Å²) in [5.41, 5.74) is 3.19. The van der Waals surface area contributed by atoms with Gasteiger partial charge in [-0.3, -0.25) is 4.79 Å². The molecule has 0 unspecified atom stereocenters. The monoisotopic (exact) mass is 495 g/mol. The molecule has 2 aromatic heterocycles. The second-order valence-electron chi connectivity index (χ2n) is 10.1. The normalized spacial score (nSPS) is 24.2. The summed E-state index contributed by atoms with van der Waals surface area (Å²) in [6.07, 6.45) is 4.18. The lowest BCUT2D eigenvalue weighted by Crippen LogP contribution is -2.39. The Balaban J connectivity index is 1.34. The van der Waals surface area contributed by atoms with Crippen molar-refractivity contribution in [2.45, 2.75) is 51.9 Å². The zero-order valence-electron chi connectivity index (χ0n) is 20.5.